The van der Waals surface area contributed by atoms with Crippen LogP contribution in [0.5, 0.6) is 0 Å². The van der Waals surface area contributed by atoms with Crippen molar-refractivity contribution in [2.75, 3.05) is 60.1 Å². The fraction of sp³-hybridized carbons (Fsp3) is 0.652. The van der Waals surface area contributed by atoms with Crippen LogP contribution in [-0.2, 0) is 27.4 Å². The average Bonchev–Trinajstić information content (AvgIpc) is 2.80. The Morgan fingerprint density at radius 3 is 2.61 bits per heavy atom. The van der Waals surface area contributed by atoms with Gasteiger partial charge in [-0.1, -0.05) is 24.3 Å². The van der Waals surface area contributed by atoms with Crippen LogP contribution in [0.4, 0.5) is 0 Å². The zero-order valence-corrected chi connectivity index (χ0v) is 18.9. The van der Waals surface area contributed by atoms with Gasteiger partial charge in [-0.05, 0) is 30.4 Å². The highest BCUT2D eigenvalue weighted by molar-refractivity contribution is 5.86. The van der Waals surface area contributed by atoms with E-state index in [0.717, 1.165) is 52.3 Å². The molecule has 2 N–H and O–H groups in total. The summed E-state index contributed by atoms with van der Waals surface area (Å²) in [5, 5.41) is 6.55. The molecule has 0 saturated carbocycles. The minimum Gasteiger partial charge on any atom is -0.379 e. The molecule has 1 atom stereocenters. The van der Waals surface area contributed by atoms with Gasteiger partial charge in [0.2, 0.25) is 5.91 Å². The predicted molar refractivity (Wildman–Crippen MR) is 122 cm³/mol. The molecular weight excluding hydrogens is 394 g/mol. The Bertz CT molecular complexity index is 713. The third kappa shape index (κ3) is 8.12. The van der Waals surface area contributed by atoms with E-state index in [-0.39, 0.29) is 18.6 Å². The molecule has 2 aliphatic rings. The molecule has 2 saturated heterocycles. The van der Waals surface area contributed by atoms with Crippen molar-refractivity contribution in [3.8, 4) is 0 Å². The third-order valence-corrected chi connectivity index (χ3v) is 5.70. The normalized spacial score (nSPS) is 20.3. The molecule has 0 spiro atoms. The Morgan fingerprint density at radius 1 is 1.13 bits per heavy atom. The number of likely N-dealkylation sites (N-methyl/N-ethyl adjacent to an activating group) is 1. The molecule has 1 aromatic rings. The van der Waals surface area contributed by atoms with E-state index >= 15 is 0 Å². The molecule has 2 fully saturated rings. The molecule has 1 amide bonds. The Labute approximate surface area is 186 Å². The molecule has 2 heterocycles. The molecular formula is C23H37N5O3. The molecule has 1 aromatic carbocycles. The van der Waals surface area contributed by atoms with Crippen LogP contribution in [0.3, 0.4) is 0 Å². The monoisotopic (exact) mass is 431 g/mol. The molecule has 0 radical (unpaired) electrons. The van der Waals surface area contributed by atoms with Gasteiger partial charge in [-0.2, -0.15) is 0 Å². The van der Waals surface area contributed by atoms with Crippen LogP contribution in [0.15, 0.2) is 29.3 Å². The quantitative estimate of drug-likeness (QED) is 0.476. The first-order chi connectivity index (χ1) is 15.1. The number of ether oxygens (including phenoxy) is 2. The predicted octanol–water partition coefficient (Wildman–Crippen LogP) is 1.21. The van der Waals surface area contributed by atoms with Crippen LogP contribution in [-0.4, -0.2) is 87.9 Å². The summed E-state index contributed by atoms with van der Waals surface area (Å²) in [4.78, 5) is 20.8. The van der Waals surface area contributed by atoms with Crippen molar-refractivity contribution in [2.24, 2.45) is 4.99 Å². The lowest BCUT2D eigenvalue weighted by Gasteiger charge is -2.27. The second-order valence-electron chi connectivity index (χ2n) is 8.33. The summed E-state index contributed by atoms with van der Waals surface area (Å²) in [5.41, 5.74) is 2.48. The first-order valence-corrected chi connectivity index (χ1v) is 11.3. The lowest BCUT2D eigenvalue weighted by Crippen LogP contribution is -2.45. The maximum atomic E-state index is 12.0. The molecule has 1 unspecified atom stereocenters. The Balaban J connectivity index is 1.63. The number of morpholine rings is 1. The number of aliphatic imine (C=N–C) groups is 1. The van der Waals surface area contributed by atoms with Gasteiger partial charge in [0, 0.05) is 46.9 Å². The number of hydrogen-bond acceptors (Lipinski definition) is 5. The van der Waals surface area contributed by atoms with Crippen LogP contribution >= 0.6 is 0 Å². The van der Waals surface area contributed by atoms with Crippen molar-refractivity contribution in [3.63, 3.8) is 0 Å². The smallest absolute Gasteiger partial charge is 0.241 e. The largest absolute Gasteiger partial charge is 0.379 e. The lowest BCUT2D eigenvalue weighted by molar-refractivity contribution is -0.127. The van der Waals surface area contributed by atoms with Gasteiger partial charge in [-0.25, -0.2) is 4.99 Å². The fourth-order valence-electron chi connectivity index (χ4n) is 3.70. The van der Waals surface area contributed by atoms with E-state index in [1.54, 1.807) is 19.0 Å². The highest BCUT2D eigenvalue weighted by Crippen LogP contribution is 2.14. The number of carbonyl (C=O) groups is 1. The van der Waals surface area contributed by atoms with Gasteiger partial charge in [0.05, 0.1) is 32.4 Å². The number of nitrogens with zero attached hydrogens (tertiary/aromatic N) is 3. The van der Waals surface area contributed by atoms with Crippen LogP contribution in [0.25, 0.3) is 0 Å². The molecule has 8 nitrogen and oxygen atoms in total. The van der Waals surface area contributed by atoms with E-state index in [1.165, 1.54) is 17.5 Å². The molecule has 0 bridgehead atoms. The molecule has 2 aliphatic heterocycles. The van der Waals surface area contributed by atoms with Crippen molar-refractivity contribution in [2.45, 2.75) is 38.5 Å². The average molecular weight is 432 g/mol. The van der Waals surface area contributed by atoms with Crippen molar-refractivity contribution >= 4 is 11.9 Å². The summed E-state index contributed by atoms with van der Waals surface area (Å²) in [5.74, 6) is 0.654. The van der Waals surface area contributed by atoms with Gasteiger partial charge in [0.1, 0.15) is 0 Å². The number of nitrogens with one attached hydrogen (secondary N) is 2. The summed E-state index contributed by atoms with van der Waals surface area (Å²) in [6.45, 7) is 6.68. The van der Waals surface area contributed by atoms with E-state index in [1.807, 2.05) is 0 Å². The lowest BCUT2D eigenvalue weighted by atomic mass is 10.1. The SMILES string of the molecule is CN(C)C(=O)CNC(=NCc1ccccc1CN1CCOCC1)NCC1CCCCO1. The van der Waals surface area contributed by atoms with E-state index < -0.39 is 0 Å². The second-order valence-corrected chi connectivity index (χ2v) is 8.33. The number of rotatable bonds is 8. The van der Waals surface area contributed by atoms with Gasteiger partial charge in [-0.15, -0.1) is 0 Å². The molecule has 3 rings (SSSR count). The van der Waals surface area contributed by atoms with E-state index in [4.69, 9.17) is 14.5 Å². The number of benzene rings is 1. The summed E-state index contributed by atoms with van der Waals surface area (Å²) in [6.07, 6.45) is 3.57. The minimum atomic E-state index is 0.0103. The molecule has 31 heavy (non-hydrogen) atoms. The summed E-state index contributed by atoms with van der Waals surface area (Å²) >= 11 is 0. The summed E-state index contributed by atoms with van der Waals surface area (Å²) in [6, 6.07) is 8.44. The highest BCUT2D eigenvalue weighted by atomic mass is 16.5. The Kier molecular flexibility index (Phi) is 9.58. The van der Waals surface area contributed by atoms with Crippen molar-refractivity contribution in [1.29, 1.82) is 0 Å². The zero-order chi connectivity index (χ0) is 21.9. The highest BCUT2D eigenvalue weighted by Gasteiger charge is 2.15. The van der Waals surface area contributed by atoms with Gasteiger partial charge in [0.25, 0.3) is 0 Å². The van der Waals surface area contributed by atoms with Crippen molar-refractivity contribution < 1.29 is 14.3 Å². The van der Waals surface area contributed by atoms with Gasteiger partial charge < -0.3 is 25.0 Å². The maximum absolute atomic E-state index is 12.0. The van der Waals surface area contributed by atoms with Gasteiger partial charge in [-0.3, -0.25) is 9.69 Å². The fourth-order valence-corrected chi connectivity index (χ4v) is 3.70. The molecule has 8 heteroatoms. The van der Waals surface area contributed by atoms with Crippen molar-refractivity contribution in [3.05, 3.63) is 35.4 Å². The summed E-state index contributed by atoms with van der Waals surface area (Å²) < 4.78 is 11.3. The topological polar surface area (TPSA) is 78.4 Å². The van der Waals surface area contributed by atoms with Gasteiger partial charge >= 0.3 is 0 Å². The van der Waals surface area contributed by atoms with E-state index in [2.05, 4.69) is 39.8 Å². The van der Waals surface area contributed by atoms with Crippen LogP contribution in [0.1, 0.15) is 30.4 Å². The first kappa shape index (κ1) is 23.5. The van der Waals surface area contributed by atoms with Crippen LogP contribution in [0.2, 0.25) is 0 Å². The maximum Gasteiger partial charge on any atom is 0.241 e. The minimum absolute atomic E-state index is 0.0103. The standard InChI is InChI=1S/C23H37N5O3/c1-27(2)22(29)17-26-23(25-16-21-9-5-6-12-31-21)24-15-19-7-3-4-8-20(19)18-28-10-13-30-14-11-28/h3-4,7-8,21H,5-6,9-18H2,1-2H3,(H2,24,25,26). The van der Waals surface area contributed by atoms with E-state index in [0.29, 0.717) is 19.0 Å². The Hall–Kier alpha value is -2.16. The number of carbonyl (C=O) groups excluding carboxylic acids is 1. The molecule has 172 valence electrons. The molecule has 0 aromatic heterocycles. The Morgan fingerprint density at radius 2 is 1.90 bits per heavy atom. The number of amides is 1. The first-order valence-electron chi connectivity index (χ1n) is 11.3. The van der Waals surface area contributed by atoms with Crippen LogP contribution < -0.4 is 10.6 Å². The number of guanidine groups is 1. The van der Waals surface area contributed by atoms with Gasteiger partial charge in [0.15, 0.2) is 5.96 Å². The summed E-state index contributed by atoms with van der Waals surface area (Å²) in [7, 11) is 3.51. The van der Waals surface area contributed by atoms with Crippen molar-refractivity contribution in [1.82, 2.24) is 20.4 Å². The third-order valence-electron chi connectivity index (χ3n) is 5.70. The second kappa shape index (κ2) is 12.6. The molecule has 0 aliphatic carbocycles. The number of hydrogen-bond donors (Lipinski definition) is 2. The van der Waals surface area contributed by atoms with E-state index in [9.17, 15) is 4.79 Å². The van der Waals surface area contributed by atoms with Crippen LogP contribution in [0, 0.1) is 0 Å². The zero-order valence-electron chi connectivity index (χ0n) is 18.9.